The van der Waals surface area contributed by atoms with Gasteiger partial charge in [-0.15, -0.1) is 0 Å². The summed E-state index contributed by atoms with van der Waals surface area (Å²) in [4.78, 5) is 39.8. The van der Waals surface area contributed by atoms with Crippen molar-refractivity contribution in [2.75, 3.05) is 24.7 Å². The molecule has 0 spiro atoms. The fourth-order valence-corrected chi connectivity index (χ4v) is 5.94. The van der Waals surface area contributed by atoms with Crippen LogP contribution < -0.4 is 5.32 Å². The smallest absolute Gasteiger partial charge is 0.329 e. The van der Waals surface area contributed by atoms with Gasteiger partial charge in [-0.25, -0.2) is 4.79 Å². The van der Waals surface area contributed by atoms with Crippen LogP contribution in [0.1, 0.15) is 86.5 Å². The molecule has 1 aliphatic heterocycles. The maximum Gasteiger partial charge on any atom is 0.329 e. The van der Waals surface area contributed by atoms with Crippen LogP contribution in [0.4, 0.5) is 0 Å². The third-order valence-corrected chi connectivity index (χ3v) is 7.76. The van der Waals surface area contributed by atoms with Crippen LogP contribution in [0.5, 0.6) is 0 Å². The van der Waals surface area contributed by atoms with Crippen LogP contribution in [0.25, 0.3) is 0 Å². The monoisotopic (exact) mass is 504 g/mol. The van der Waals surface area contributed by atoms with Gasteiger partial charge in [-0.2, -0.15) is 0 Å². The van der Waals surface area contributed by atoms with E-state index in [0.29, 0.717) is 25.3 Å². The van der Waals surface area contributed by atoms with E-state index in [0.717, 1.165) is 12.2 Å². The molecule has 0 aromatic heterocycles. The molecule has 1 aliphatic rings. The molecule has 1 N–H and O–H groups in total. The Bertz CT molecular complexity index is 612. The molecule has 1 amide bonds. The zero-order valence-electron chi connectivity index (χ0n) is 21.3. The summed E-state index contributed by atoms with van der Waals surface area (Å²) in [5.41, 5.74) is -0.599. The highest BCUT2D eigenvalue weighted by molar-refractivity contribution is 8.76. The van der Waals surface area contributed by atoms with Crippen molar-refractivity contribution in [2.24, 2.45) is 0 Å². The van der Waals surface area contributed by atoms with Gasteiger partial charge < -0.3 is 14.4 Å². The summed E-state index contributed by atoms with van der Waals surface area (Å²) in [6.07, 6.45) is 7.56. The first kappa shape index (κ1) is 30.1. The highest BCUT2D eigenvalue weighted by Crippen LogP contribution is 2.25. The van der Waals surface area contributed by atoms with E-state index >= 15 is 0 Å². The number of nitrogens with zero attached hydrogens (tertiary/aromatic N) is 1. The third kappa shape index (κ3) is 11.9. The van der Waals surface area contributed by atoms with E-state index in [-0.39, 0.29) is 17.8 Å². The Kier molecular flexibility index (Phi) is 14.5. The molecule has 0 aromatic rings. The fourth-order valence-electron chi connectivity index (χ4n) is 3.63. The lowest BCUT2D eigenvalue weighted by molar-refractivity contribution is -0.163. The number of ether oxygens (including phenoxy) is 2. The van der Waals surface area contributed by atoms with E-state index in [1.165, 1.54) is 32.1 Å². The predicted octanol–water partition coefficient (Wildman–Crippen LogP) is 4.58. The van der Waals surface area contributed by atoms with E-state index in [9.17, 15) is 14.4 Å². The first-order valence-electron chi connectivity index (χ1n) is 12.3. The van der Waals surface area contributed by atoms with Gasteiger partial charge in [-0.1, -0.05) is 54.2 Å². The molecule has 7 nitrogen and oxygen atoms in total. The number of unbranched alkanes of at least 4 members (excludes halogenated alkanes) is 4. The van der Waals surface area contributed by atoms with Crippen molar-refractivity contribution in [3.05, 3.63) is 0 Å². The molecule has 0 aliphatic carbocycles. The topological polar surface area (TPSA) is 84.9 Å². The van der Waals surface area contributed by atoms with E-state index in [4.69, 9.17) is 9.47 Å². The molecule has 0 radical (unpaired) electrons. The molecule has 1 fully saturated rings. The summed E-state index contributed by atoms with van der Waals surface area (Å²) in [5.74, 6) is 0.660. The molecule has 33 heavy (non-hydrogen) atoms. The van der Waals surface area contributed by atoms with Gasteiger partial charge >= 0.3 is 11.9 Å². The minimum absolute atomic E-state index is 0.189. The van der Waals surface area contributed by atoms with Crippen LogP contribution >= 0.6 is 21.6 Å². The van der Waals surface area contributed by atoms with Crippen molar-refractivity contribution >= 4 is 39.4 Å². The molecule has 9 heteroatoms. The van der Waals surface area contributed by atoms with E-state index < -0.39 is 23.7 Å². The number of carbonyl (C=O) groups is 3. The van der Waals surface area contributed by atoms with Gasteiger partial charge in [0.15, 0.2) is 0 Å². The van der Waals surface area contributed by atoms with Crippen LogP contribution in [0, 0.1) is 0 Å². The lowest BCUT2D eigenvalue weighted by Gasteiger charge is -2.30. The van der Waals surface area contributed by atoms with E-state index in [2.05, 4.69) is 12.2 Å². The van der Waals surface area contributed by atoms with Crippen molar-refractivity contribution in [3.8, 4) is 0 Å². The molecule has 1 saturated heterocycles. The van der Waals surface area contributed by atoms with Crippen molar-refractivity contribution in [3.63, 3.8) is 0 Å². The van der Waals surface area contributed by atoms with Crippen LogP contribution in [-0.4, -0.2) is 71.1 Å². The summed E-state index contributed by atoms with van der Waals surface area (Å²) in [5, 5.41) is 3.15. The Morgan fingerprint density at radius 1 is 1.09 bits per heavy atom. The van der Waals surface area contributed by atoms with Gasteiger partial charge in [0.05, 0.1) is 12.6 Å². The SMILES string of the molecule is CCCCCCCSSC[C@H](NC(C)C(=O)N1CCC[C@H]1C(=O)OC(C)(C)C)C(=O)OCC. The second-order valence-electron chi connectivity index (χ2n) is 9.44. The van der Waals surface area contributed by atoms with E-state index in [1.807, 2.05) is 20.8 Å². The van der Waals surface area contributed by atoms with Crippen molar-refractivity contribution < 1.29 is 23.9 Å². The maximum atomic E-state index is 13.1. The van der Waals surface area contributed by atoms with Gasteiger partial charge in [-0.3, -0.25) is 14.9 Å². The van der Waals surface area contributed by atoms with Crippen molar-refractivity contribution in [1.29, 1.82) is 0 Å². The Hall–Kier alpha value is -0.930. The molecule has 192 valence electrons. The highest BCUT2D eigenvalue weighted by Gasteiger charge is 2.39. The molecule has 1 unspecified atom stereocenters. The Morgan fingerprint density at radius 3 is 2.42 bits per heavy atom. The Labute approximate surface area is 208 Å². The lowest BCUT2D eigenvalue weighted by Crippen LogP contribution is -2.54. The standard InChI is InChI=1S/C24H44N2O5S2/c1-7-9-10-11-12-16-32-33-17-19(22(28)30-8-2)25-18(3)21(27)26-15-13-14-20(26)23(29)31-24(4,5)6/h18-20,25H,7-17H2,1-6H3/t18?,19-,20-/m0/s1. The van der Waals surface area contributed by atoms with Crippen LogP contribution in [0.15, 0.2) is 0 Å². The summed E-state index contributed by atoms with van der Waals surface area (Å²) in [6.45, 7) is 12.0. The number of hydrogen-bond acceptors (Lipinski definition) is 8. The van der Waals surface area contributed by atoms with Crippen LogP contribution in [0.2, 0.25) is 0 Å². The zero-order chi connectivity index (χ0) is 24.9. The Balaban J connectivity index is 2.60. The average molecular weight is 505 g/mol. The maximum absolute atomic E-state index is 13.1. The van der Waals surface area contributed by atoms with Crippen LogP contribution in [-0.2, 0) is 23.9 Å². The molecule has 0 saturated carbocycles. The number of esters is 2. The molecular weight excluding hydrogens is 460 g/mol. The van der Waals surface area contributed by atoms with Crippen LogP contribution in [0.3, 0.4) is 0 Å². The lowest BCUT2D eigenvalue weighted by atomic mass is 10.1. The molecule has 3 atom stereocenters. The Morgan fingerprint density at radius 2 is 1.79 bits per heavy atom. The molecular formula is C24H44N2O5S2. The van der Waals surface area contributed by atoms with Gasteiger partial charge in [-0.05, 0) is 53.9 Å². The number of hydrogen-bond donors (Lipinski definition) is 1. The third-order valence-electron chi connectivity index (χ3n) is 5.26. The highest BCUT2D eigenvalue weighted by atomic mass is 33.1. The largest absolute Gasteiger partial charge is 0.465 e. The number of rotatable bonds is 15. The second kappa shape index (κ2) is 15.9. The normalized spacial score (nSPS) is 18.1. The van der Waals surface area contributed by atoms with Gasteiger partial charge in [0.2, 0.25) is 5.91 Å². The number of nitrogens with one attached hydrogen (secondary N) is 1. The second-order valence-corrected chi connectivity index (χ2v) is 12.1. The quantitative estimate of drug-likeness (QED) is 0.197. The summed E-state index contributed by atoms with van der Waals surface area (Å²) in [7, 11) is 3.39. The van der Waals surface area contributed by atoms with E-state index in [1.54, 1.807) is 40.3 Å². The molecule has 1 rings (SSSR count). The number of likely N-dealkylation sites (tertiary alicyclic amines) is 1. The van der Waals surface area contributed by atoms with Gasteiger partial charge in [0.25, 0.3) is 0 Å². The van der Waals surface area contributed by atoms with Gasteiger partial charge in [0.1, 0.15) is 17.7 Å². The molecule has 0 bridgehead atoms. The van der Waals surface area contributed by atoms with Crippen molar-refractivity contribution in [1.82, 2.24) is 10.2 Å². The molecule has 1 heterocycles. The first-order chi connectivity index (χ1) is 15.6. The fraction of sp³-hybridized carbons (Fsp3) is 0.875. The van der Waals surface area contributed by atoms with Crippen molar-refractivity contribution in [2.45, 2.75) is 110 Å². The molecule has 0 aromatic carbocycles. The summed E-state index contributed by atoms with van der Waals surface area (Å²) < 4.78 is 10.7. The minimum atomic E-state index is -0.609. The van der Waals surface area contributed by atoms with Gasteiger partial charge in [0, 0.05) is 18.1 Å². The predicted molar refractivity (Wildman–Crippen MR) is 137 cm³/mol. The average Bonchev–Trinajstić information content (AvgIpc) is 3.23. The summed E-state index contributed by atoms with van der Waals surface area (Å²) >= 11 is 0. The first-order valence-corrected chi connectivity index (χ1v) is 14.8. The number of carbonyl (C=O) groups excluding carboxylic acids is 3. The number of amides is 1. The summed E-state index contributed by atoms with van der Waals surface area (Å²) in [6, 6.07) is -1.76. The zero-order valence-corrected chi connectivity index (χ0v) is 22.9. The minimum Gasteiger partial charge on any atom is -0.465 e.